The number of hydrogen-bond donors (Lipinski definition) is 1. The van der Waals surface area contributed by atoms with Gasteiger partial charge in [0.2, 0.25) is 0 Å². The number of halogens is 1. The SMILES string of the molecule is COc1cccc(C(C)OC(=O)CO)c1F. The standard InChI is InChI=1S/C11H13FO4/c1-7(16-10(14)6-13)8-4-3-5-9(15-2)11(8)12/h3-5,7,13H,6H2,1-2H3. The molecule has 1 aromatic rings. The summed E-state index contributed by atoms with van der Waals surface area (Å²) in [4.78, 5) is 10.8. The van der Waals surface area contributed by atoms with Crippen molar-refractivity contribution in [1.29, 1.82) is 0 Å². The van der Waals surface area contributed by atoms with Crippen molar-refractivity contribution in [2.24, 2.45) is 0 Å². The van der Waals surface area contributed by atoms with Gasteiger partial charge in [-0.1, -0.05) is 12.1 Å². The molecule has 1 N–H and O–H groups in total. The lowest BCUT2D eigenvalue weighted by atomic mass is 10.1. The number of aliphatic hydroxyl groups excluding tert-OH is 1. The monoisotopic (exact) mass is 228 g/mol. The van der Waals surface area contributed by atoms with Crippen LogP contribution in [-0.2, 0) is 9.53 Å². The van der Waals surface area contributed by atoms with E-state index in [0.29, 0.717) is 0 Å². The van der Waals surface area contributed by atoms with Gasteiger partial charge in [0, 0.05) is 5.56 Å². The molecule has 1 rings (SSSR count). The van der Waals surface area contributed by atoms with Crippen LogP contribution in [0.25, 0.3) is 0 Å². The maximum atomic E-state index is 13.7. The number of methoxy groups -OCH3 is 1. The summed E-state index contributed by atoms with van der Waals surface area (Å²) < 4.78 is 23.3. The van der Waals surface area contributed by atoms with Crippen molar-refractivity contribution in [1.82, 2.24) is 0 Å². The van der Waals surface area contributed by atoms with Gasteiger partial charge in [-0.05, 0) is 13.0 Å². The molecule has 1 atom stereocenters. The highest BCUT2D eigenvalue weighted by Gasteiger charge is 2.17. The van der Waals surface area contributed by atoms with Crippen molar-refractivity contribution in [3.8, 4) is 5.75 Å². The highest BCUT2D eigenvalue weighted by molar-refractivity contribution is 5.70. The Bertz CT molecular complexity index is 378. The molecule has 0 fully saturated rings. The van der Waals surface area contributed by atoms with E-state index in [0.717, 1.165) is 0 Å². The lowest BCUT2D eigenvalue weighted by Crippen LogP contribution is -2.13. The minimum Gasteiger partial charge on any atom is -0.494 e. The Morgan fingerprint density at radius 1 is 1.56 bits per heavy atom. The molecule has 0 radical (unpaired) electrons. The zero-order chi connectivity index (χ0) is 12.1. The lowest BCUT2D eigenvalue weighted by molar-refractivity contribution is -0.152. The van der Waals surface area contributed by atoms with Gasteiger partial charge in [-0.3, -0.25) is 0 Å². The number of hydrogen-bond acceptors (Lipinski definition) is 4. The molecule has 0 aromatic heterocycles. The van der Waals surface area contributed by atoms with E-state index >= 15 is 0 Å². The average molecular weight is 228 g/mol. The summed E-state index contributed by atoms with van der Waals surface area (Å²) in [5.74, 6) is -1.28. The minimum atomic E-state index is -0.797. The van der Waals surface area contributed by atoms with Crippen molar-refractivity contribution < 1.29 is 23.8 Å². The fraction of sp³-hybridized carbons (Fsp3) is 0.364. The Balaban J connectivity index is 2.91. The molecule has 0 aliphatic carbocycles. The molecule has 0 heterocycles. The number of ether oxygens (including phenoxy) is 2. The molecule has 88 valence electrons. The largest absolute Gasteiger partial charge is 0.494 e. The smallest absolute Gasteiger partial charge is 0.332 e. The number of esters is 1. The van der Waals surface area contributed by atoms with Gasteiger partial charge in [0.05, 0.1) is 7.11 Å². The Kier molecular flexibility index (Phi) is 4.25. The summed E-state index contributed by atoms with van der Waals surface area (Å²) in [6, 6.07) is 4.56. The second kappa shape index (κ2) is 5.46. The highest BCUT2D eigenvalue weighted by Crippen LogP contribution is 2.26. The molecule has 16 heavy (non-hydrogen) atoms. The second-order valence-electron chi connectivity index (χ2n) is 3.15. The first-order valence-electron chi connectivity index (χ1n) is 4.73. The zero-order valence-electron chi connectivity index (χ0n) is 9.07. The summed E-state index contributed by atoms with van der Waals surface area (Å²) in [5.41, 5.74) is 0.209. The summed E-state index contributed by atoms with van der Waals surface area (Å²) in [5, 5.41) is 8.51. The fourth-order valence-electron chi connectivity index (χ4n) is 1.30. The van der Waals surface area contributed by atoms with E-state index in [9.17, 15) is 9.18 Å². The van der Waals surface area contributed by atoms with E-state index in [4.69, 9.17) is 14.6 Å². The van der Waals surface area contributed by atoms with E-state index in [2.05, 4.69) is 0 Å². The molecular formula is C11H13FO4. The predicted molar refractivity (Wildman–Crippen MR) is 54.5 cm³/mol. The third kappa shape index (κ3) is 2.70. The van der Waals surface area contributed by atoms with Gasteiger partial charge in [0.25, 0.3) is 0 Å². The maximum absolute atomic E-state index is 13.7. The molecule has 1 unspecified atom stereocenters. The van der Waals surface area contributed by atoms with Crippen molar-refractivity contribution in [2.45, 2.75) is 13.0 Å². The molecule has 0 amide bonds. The summed E-state index contributed by atoms with van der Waals surface area (Å²) >= 11 is 0. The Morgan fingerprint density at radius 3 is 2.81 bits per heavy atom. The normalized spacial score (nSPS) is 12.0. The van der Waals surface area contributed by atoms with Gasteiger partial charge in [-0.2, -0.15) is 0 Å². The average Bonchev–Trinajstić information content (AvgIpc) is 2.29. The van der Waals surface area contributed by atoms with Gasteiger partial charge in [0.1, 0.15) is 12.7 Å². The van der Waals surface area contributed by atoms with Crippen LogP contribution in [-0.4, -0.2) is 24.8 Å². The quantitative estimate of drug-likeness (QED) is 0.792. The Morgan fingerprint density at radius 2 is 2.25 bits per heavy atom. The highest BCUT2D eigenvalue weighted by atomic mass is 19.1. The Hall–Kier alpha value is -1.62. The number of aliphatic hydroxyl groups is 1. The fourth-order valence-corrected chi connectivity index (χ4v) is 1.30. The minimum absolute atomic E-state index is 0.0874. The van der Waals surface area contributed by atoms with Crippen molar-refractivity contribution in [2.75, 3.05) is 13.7 Å². The molecule has 0 saturated heterocycles. The molecule has 1 aromatic carbocycles. The molecule has 4 nitrogen and oxygen atoms in total. The van der Waals surface area contributed by atoms with Crippen LogP contribution in [0.2, 0.25) is 0 Å². The first-order valence-corrected chi connectivity index (χ1v) is 4.73. The van der Waals surface area contributed by atoms with Crippen LogP contribution in [0.1, 0.15) is 18.6 Å². The van der Waals surface area contributed by atoms with Gasteiger partial charge >= 0.3 is 5.97 Å². The molecule has 5 heteroatoms. The number of benzene rings is 1. The summed E-state index contributed by atoms with van der Waals surface area (Å²) in [6.07, 6.45) is -0.769. The first kappa shape index (κ1) is 12.4. The van der Waals surface area contributed by atoms with Crippen molar-refractivity contribution >= 4 is 5.97 Å². The van der Waals surface area contributed by atoms with Crippen LogP contribution in [0, 0.1) is 5.82 Å². The van der Waals surface area contributed by atoms with E-state index in [1.165, 1.54) is 26.2 Å². The third-order valence-corrected chi connectivity index (χ3v) is 2.09. The lowest BCUT2D eigenvalue weighted by Gasteiger charge is -2.14. The van der Waals surface area contributed by atoms with Crippen LogP contribution >= 0.6 is 0 Å². The molecule has 0 aliphatic rings. The van der Waals surface area contributed by atoms with Crippen LogP contribution in [0.5, 0.6) is 5.75 Å². The van der Waals surface area contributed by atoms with E-state index in [1.54, 1.807) is 6.07 Å². The van der Waals surface area contributed by atoms with Crippen LogP contribution in [0.3, 0.4) is 0 Å². The number of carbonyl (C=O) groups excluding carboxylic acids is 1. The first-order chi connectivity index (χ1) is 7.60. The molecule has 0 saturated carbocycles. The van der Waals surface area contributed by atoms with Crippen molar-refractivity contribution in [3.63, 3.8) is 0 Å². The molecular weight excluding hydrogens is 215 g/mol. The van der Waals surface area contributed by atoms with E-state index < -0.39 is 24.5 Å². The van der Waals surface area contributed by atoms with Gasteiger partial charge in [0.15, 0.2) is 11.6 Å². The van der Waals surface area contributed by atoms with Crippen LogP contribution < -0.4 is 4.74 Å². The number of carbonyl (C=O) groups is 1. The van der Waals surface area contributed by atoms with Gasteiger partial charge in [-0.15, -0.1) is 0 Å². The zero-order valence-corrected chi connectivity index (χ0v) is 9.07. The predicted octanol–water partition coefficient (Wildman–Crippen LogP) is 1.43. The van der Waals surface area contributed by atoms with Crippen LogP contribution in [0.15, 0.2) is 18.2 Å². The molecule has 0 spiro atoms. The van der Waals surface area contributed by atoms with E-state index in [1.807, 2.05) is 0 Å². The Labute approximate surface area is 92.6 Å². The molecule has 0 bridgehead atoms. The second-order valence-corrected chi connectivity index (χ2v) is 3.15. The van der Waals surface area contributed by atoms with Gasteiger partial charge in [-0.25, -0.2) is 9.18 Å². The maximum Gasteiger partial charge on any atom is 0.332 e. The summed E-state index contributed by atoms with van der Waals surface area (Å²) in [7, 11) is 1.35. The molecule has 0 aliphatic heterocycles. The number of rotatable bonds is 4. The summed E-state index contributed by atoms with van der Waals surface area (Å²) in [6.45, 7) is 0.793. The van der Waals surface area contributed by atoms with Gasteiger partial charge < -0.3 is 14.6 Å². The van der Waals surface area contributed by atoms with E-state index in [-0.39, 0.29) is 11.3 Å². The van der Waals surface area contributed by atoms with Crippen molar-refractivity contribution in [3.05, 3.63) is 29.6 Å². The third-order valence-electron chi connectivity index (χ3n) is 2.09. The van der Waals surface area contributed by atoms with Crippen LogP contribution in [0.4, 0.5) is 4.39 Å². The topological polar surface area (TPSA) is 55.8 Å².